The van der Waals surface area contributed by atoms with Gasteiger partial charge in [-0.05, 0) is 100 Å². The number of nitrogens with zero attached hydrogens (tertiary/aromatic N) is 3. The Hall–Kier alpha value is 65.1. The van der Waals surface area contributed by atoms with Gasteiger partial charge in [-0.15, -0.1) is 0 Å². The van der Waals surface area contributed by atoms with E-state index in [-0.39, 0.29) is 2090 Å². The van der Waals surface area contributed by atoms with Crippen LogP contribution in [0, 0.1) is 0 Å². The van der Waals surface area contributed by atoms with Gasteiger partial charge in [-0.25, -0.2) is 4.58 Å². The molecular weight excluding hydrogens is 18600 g/mol. The zero-order chi connectivity index (χ0) is 24.5. The fraction of sp³-hybridized carbons (Fsp3) is 0.387. The van der Waals surface area contributed by atoms with Crippen LogP contribution >= 0.6 is 0 Å². The van der Waals surface area contributed by atoms with E-state index in [9.17, 15) is 0 Å². The number of benzene rings is 2. The van der Waals surface area contributed by atoms with Gasteiger partial charge in [0, 0.05) is 2140 Å². The van der Waals surface area contributed by atoms with Crippen LogP contribution in [-0.2, 0) is 2090 Å². The molecule has 0 bridgehead atoms. The van der Waals surface area contributed by atoms with Gasteiger partial charge in [0.15, 0.2) is 5.71 Å². The molecule has 0 saturated heterocycles. The largest absolute Gasteiger partial charge is 0.372 e. The normalized spacial score (nSPS) is 3.26. The molecule has 133 heavy (non-hydrogen) atoms. The summed E-state index contributed by atoms with van der Waals surface area (Å²) in [6, 6.07) is 18.2. The Morgan fingerprint density at radius 2 is 0.248 bits per heavy atom. The van der Waals surface area contributed by atoms with Crippen molar-refractivity contribution in [3.8, 4) is 0 Å². The van der Waals surface area contributed by atoms with Crippen LogP contribution in [0.1, 0.15) is 52.7 Å². The Morgan fingerprint density at radius 3 is 0.331 bits per heavy atom. The quantitative estimate of drug-likeness (QED) is 0.250. The summed E-state index contributed by atoms with van der Waals surface area (Å²) >= 11 is 0. The van der Waals surface area contributed by atoms with Gasteiger partial charge in [-0.1, -0.05) is 24.3 Å². The molecule has 0 fully saturated rings. The van der Waals surface area contributed by atoms with Crippen molar-refractivity contribution in [2.45, 2.75) is 41.5 Å². The molecular formula is C31H42N3W99+. The number of hydrogen-bond donors (Lipinski definition) is 0. The van der Waals surface area contributed by atoms with Crippen molar-refractivity contribution >= 4 is 22.7 Å². The smallest absolute Gasteiger partial charge is 0.199 e. The van der Waals surface area contributed by atoms with Gasteiger partial charge in [0.25, 0.3) is 0 Å². The standard InChI is InChI=1S/C31H42N3.99W/c1-7-32(8-2)28-19-13-25(14-20-28)31(26-15-21-29(22-16-26)33(9-3)10-4)27-17-23-30(24-18-27)34(11-5)12-6;;;;;;;;;;;;;;;;;;;;;;;;;;;;;;;;;;;;;;;;;;;;;;;;;;;;;;;;;;;;;;;;;;;;;;;;;;;;;;;;;;;;;;;;;;;;;;;;;;;/h13-24H,7-12H2,1-6H3;;;;;;;;;;;;;;;;;;;;;;;;;;;;;;;;;;;;;;;;;;;;;;;;;;;;;;;;;;;;;;;;;;;;;;;;;;;;;;;;;;;;;;;;;;;;;;;;;;;/q+1;;;;;;;;;;;;;;;;;;;;;;;;;;;;;;;;;;;;;;;;;;;;;;;;;;;;;;;;;;;;;;;;;;;;;;;;;;;;;;;;;;;;;;;;;;;;;;;;;;;. The maximum atomic E-state index is 2.39. The third kappa shape index (κ3) is 437. The zero-order valence-corrected chi connectivity index (χ0v) is 353. The number of rotatable bonds is 10. The molecule has 1 aliphatic rings. The van der Waals surface area contributed by atoms with E-state index in [0.717, 1.165) is 39.3 Å². The first-order valence-electron chi connectivity index (χ1n) is 13.0. The van der Waals surface area contributed by atoms with Crippen LogP contribution in [0.4, 0.5) is 11.4 Å². The van der Waals surface area contributed by atoms with Gasteiger partial charge in [0.2, 0.25) is 0 Å². The maximum Gasteiger partial charge on any atom is 0.199 e. The Bertz CT molecular complexity index is 1070. The first-order valence-corrected chi connectivity index (χ1v) is 13.0. The van der Waals surface area contributed by atoms with E-state index < -0.39 is 0 Å². The molecule has 2 aromatic rings. The van der Waals surface area contributed by atoms with Crippen LogP contribution in [-0.4, -0.2) is 49.6 Å². The molecule has 0 spiro atoms. The van der Waals surface area contributed by atoms with Crippen molar-refractivity contribution in [2.75, 3.05) is 49.1 Å². The fourth-order valence-corrected chi connectivity index (χ4v) is 4.78. The Morgan fingerprint density at radius 1 is 0.150 bits per heavy atom. The molecule has 0 heterocycles. The molecule has 3 rings (SSSR count). The van der Waals surface area contributed by atoms with E-state index in [1.807, 2.05) is 0 Å². The zero-order valence-electron chi connectivity index (χ0n) is 62.4. The summed E-state index contributed by atoms with van der Waals surface area (Å²) in [6.45, 7) is 19.4. The van der Waals surface area contributed by atoms with E-state index in [4.69, 9.17) is 0 Å². The Labute approximate surface area is 2230 Å². The molecule has 2 aromatic carbocycles. The van der Waals surface area contributed by atoms with E-state index in [1.54, 1.807) is 0 Å². The SMILES string of the molecule is CCN(CC)c1ccc(C(=C2C=CC(=[N+](CC)CC)C=C2)c2ccc(N(CC)CC)cc2)cc1.[W].[W].[W].[W].[W].[W].[W].[W].[W].[W].[W].[W].[W].[W].[W].[W].[W].[W].[W].[W].[W].[W].[W].[W].[W].[W].[W].[W].[W].[W].[W].[W].[W].[W].[W].[W].[W].[W].[W].[W].[W].[W].[W].[W].[W].[W].[W].[W].[W].[W].[W].[W].[W].[W].[W].[W].[W].[W].[W].[W].[W].[W].[W].[W].[W].[W].[W].[W].[W].[W].[W].[W].[W].[W].[W].[W].[W].[W].[W].[W].[W].[W].[W].[W].[W].[W].[W].[W].[W].[W].[W].[W].[W].[W].[W].[W].[W].[W].[W]. The van der Waals surface area contributed by atoms with Crippen LogP contribution in [0.2, 0.25) is 0 Å². The Balaban J connectivity index is -0.00000000138. The first kappa shape index (κ1) is 753. The van der Waals surface area contributed by atoms with E-state index in [1.165, 1.54) is 39.4 Å². The fourth-order valence-electron chi connectivity index (χ4n) is 4.78. The van der Waals surface area contributed by atoms with E-state index in [2.05, 4.69) is 129 Å². The van der Waals surface area contributed by atoms with Gasteiger partial charge >= 0.3 is 0 Å². The average Bonchev–Trinajstić information content (AvgIpc) is 2.89. The molecule has 0 aliphatic heterocycles. The number of allylic oxidation sites excluding steroid dienone is 5. The second kappa shape index (κ2) is 593. The molecule has 0 saturated carbocycles. The minimum atomic E-state index is 0. The number of hydrogen-bond acceptors (Lipinski definition) is 2. The monoisotopic (exact) mass is 18700 g/mol. The van der Waals surface area contributed by atoms with Crippen molar-refractivity contribution in [2.24, 2.45) is 0 Å². The van der Waals surface area contributed by atoms with Crippen LogP contribution < -0.4 is 9.80 Å². The summed E-state index contributed by atoms with van der Waals surface area (Å²) in [7, 11) is 0. The summed E-state index contributed by atoms with van der Waals surface area (Å²) in [5, 5.41) is 0. The molecule has 774 valence electrons. The second-order valence-corrected chi connectivity index (χ2v) is 8.53. The van der Waals surface area contributed by atoms with Crippen molar-refractivity contribution in [3.63, 3.8) is 0 Å². The average molecular weight is 18700 g/mol. The van der Waals surface area contributed by atoms with Gasteiger partial charge in [-0.3, -0.25) is 0 Å². The minimum Gasteiger partial charge on any atom is -0.372 e. The molecule has 0 unspecified atom stereocenters. The van der Waals surface area contributed by atoms with Crippen molar-refractivity contribution in [1.82, 2.24) is 0 Å². The van der Waals surface area contributed by atoms with Gasteiger partial charge in [-0.2, -0.15) is 0 Å². The molecule has 0 amide bonds. The molecule has 0 aromatic heterocycles. The third-order valence-corrected chi connectivity index (χ3v) is 6.85. The topological polar surface area (TPSA) is 9.49 Å². The molecule has 0 atom stereocenters. The van der Waals surface area contributed by atoms with Crippen molar-refractivity contribution in [3.05, 3.63) is 89.5 Å². The summed E-state index contributed by atoms with van der Waals surface area (Å²) in [5.41, 5.74) is 8.88. The molecule has 0 N–H and O–H groups in total. The van der Waals surface area contributed by atoms with Crippen LogP contribution in [0.25, 0.3) is 5.57 Å². The summed E-state index contributed by atoms with van der Waals surface area (Å²) in [5.74, 6) is 0. The molecule has 1 aliphatic carbocycles. The molecule has 0 radical (unpaired) electrons. The summed E-state index contributed by atoms with van der Waals surface area (Å²) in [4.78, 5) is 4.78. The van der Waals surface area contributed by atoms with Crippen molar-refractivity contribution < 1.29 is 2090 Å². The third-order valence-electron chi connectivity index (χ3n) is 6.85. The predicted molar refractivity (Wildman–Crippen MR) is 151 cm³/mol. The predicted octanol–water partition coefficient (Wildman–Crippen LogP) is 6.55. The maximum absolute atomic E-state index is 2.39. The van der Waals surface area contributed by atoms with Crippen LogP contribution in [0.5, 0.6) is 0 Å². The van der Waals surface area contributed by atoms with Gasteiger partial charge in [0.05, 0.1) is 0 Å². The number of anilines is 2. The Kier molecular flexibility index (Phi) is 3360. The van der Waals surface area contributed by atoms with Gasteiger partial charge < -0.3 is 9.80 Å². The summed E-state index contributed by atoms with van der Waals surface area (Å²) < 4.78 is 2.39. The van der Waals surface area contributed by atoms with E-state index in [0.29, 0.717) is 0 Å². The molecule has 3 nitrogen and oxygen atoms in total. The summed E-state index contributed by atoms with van der Waals surface area (Å²) in [6.07, 6.45) is 9.08. The minimum absolute atomic E-state index is 0. The van der Waals surface area contributed by atoms with Crippen molar-refractivity contribution in [1.29, 1.82) is 0 Å². The van der Waals surface area contributed by atoms with Gasteiger partial charge in [0.1, 0.15) is 13.1 Å². The first-order chi connectivity index (χ1) is 16.6. The van der Waals surface area contributed by atoms with Crippen LogP contribution in [0.3, 0.4) is 0 Å². The van der Waals surface area contributed by atoms with Crippen LogP contribution in [0.15, 0.2) is 78.4 Å². The van der Waals surface area contributed by atoms with E-state index >= 15 is 0 Å². The molecule has 102 heteroatoms. The second-order valence-electron chi connectivity index (χ2n) is 8.53.